The molecular formula is C29H23N3O. The summed E-state index contributed by atoms with van der Waals surface area (Å²) in [4.78, 5) is 7.93. The highest BCUT2D eigenvalue weighted by atomic mass is 16.5. The van der Waals surface area contributed by atoms with Gasteiger partial charge in [0.2, 0.25) is 0 Å². The molecule has 0 aliphatic heterocycles. The number of ether oxygens (including phenoxy) is 1. The fraction of sp³-hybridized carbons (Fsp3) is 0.103. The average molecular weight is 430 g/mol. The van der Waals surface area contributed by atoms with Crippen LogP contribution in [0, 0.1) is 25.2 Å². The molecule has 0 aliphatic carbocycles. The molecule has 0 saturated heterocycles. The van der Waals surface area contributed by atoms with Crippen molar-refractivity contribution in [2.75, 3.05) is 0 Å². The lowest BCUT2D eigenvalue weighted by Crippen LogP contribution is -1.97. The highest BCUT2D eigenvalue weighted by Crippen LogP contribution is 2.27. The molecule has 0 saturated carbocycles. The number of para-hydroxylation sites is 1. The maximum Gasteiger partial charge on any atom is 0.149 e. The molecule has 0 radical (unpaired) electrons. The Balaban J connectivity index is 1.44. The van der Waals surface area contributed by atoms with Crippen molar-refractivity contribution in [3.63, 3.8) is 0 Å². The molecule has 4 aromatic carbocycles. The van der Waals surface area contributed by atoms with E-state index >= 15 is 0 Å². The Kier molecular flexibility index (Phi) is 5.38. The zero-order valence-electron chi connectivity index (χ0n) is 18.6. The molecular weight excluding hydrogens is 406 g/mol. The Morgan fingerprint density at radius 2 is 1.70 bits per heavy atom. The molecule has 0 bridgehead atoms. The molecule has 0 fully saturated rings. The van der Waals surface area contributed by atoms with Crippen LogP contribution in [0.5, 0.6) is 5.75 Å². The van der Waals surface area contributed by atoms with Gasteiger partial charge in [-0.25, -0.2) is 4.98 Å². The zero-order valence-corrected chi connectivity index (χ0v) is 18.6. The van der Waals surface area contributed by atoms with Gasteiger partial charge in [0.1, 0.15) is 24.3 Å². The molecule has 4 nitrogen and oxygen atoms in total. The van der Waals surface area contributed by atoms with Crippen molar-refractivity contribution in [1.29, 1.82) is 5.26 Å². The van der Waals surface area contributed by atoms with Gasteiger partial charge in [-0.15, -0.1) is 0 Å². The van der Waals surface area contributed by atoms with Gasteiger partial charge in [0.15, 0.2) is 0 Å². The summed E-state index contributed by atoms with van der Waals surface area (Å²) in [6, 6.07) is 28.8. The highest BCUT2D eigenvalue weighted by Gasteiger charge is 2.11. The summed E-state index contributed by atoms with van der Waals surface area (Å²) in [5.41, 5.74) is 6.54. The Hall–Kier alpha value is -4.36. The number of fused-ring (bicyclic) bond motifs is 2. The molecule has 33 heavy (non-hydrogen) atoms. The van der Waals surface area contributed by atoms with E-state index in [0.717, 1.165) is 27.9 Å². The third kappa shape index (κ3) is 4.22. The number of H-pyrrole nitrogens is 1. The minimum atomic E-state index is 0.445. The van der Waals surface area contributed by atoms with Crippen molar-refractivity contribution in [3.05, 3.63) is 107 Å². The Morgan fingerprint density at radius 1 is 0.939 bits per heavy atom. The molecule has 0 amide bonds. The summed E-state index contributed by atoms with van der Waals surface area (Å²) in [6.07, 6.45) is 1.83. The van der Waals surface area contributed by atoms with Crippen LogP contribution in [0.1, 0.15) is 28.1 Å². The van der Waals surface area contributed by atoms with E-state index in [4.69, 9.17) is 4.74 Å². The van der Waals surface area contributed by atoms with E-state index in [9.17, 15) is 5.26 Å². The summed E-state index contributed by atoms with van der Waals surface area (Å²) in [5, 5.41) is 12.3. The predicted molar refractivity (Wildman–Crippen MR) is 134 cm³/mol. The first kappa shape index (κ1) is 20.5. The van der Waals surface area contributed by atoms with E-state index in [1.165, 1.54) is 21.9 Å². The molecule has 1 aromatic heterocycles. The van der Waals surface area contributed by atoms with Crippen LogP contribution in [0.2, 0.25) is 0 Å². The Bertz CT molecular complexity index is 1510. The van der Waals surface area contributed by atoms with Crippen molar-refractivity contribution in [2.24, 2.45) is 0 Å². The van der Waals surface area contributed by atoms with E-state index < -0.39 is 0 Å². The van der Waals surface area contributed by atoms with Crippen LogP contribution in [-0.2, 0) is 6.61 Å². The number of nitriles is 1. The van der Waals surface area contributed by atoms with Gasteiger partial charge in [0.05, 0.1) is 16.6 Å². The quantitative estimate of drug-likeness (QED) is 0.307. The van der Waals surface area contributed by atoms with Crippen LogP contribution in [0.4, 0.5) is 0 Å². The molecule has 4 heteroatoms. The van der Waals surface area contributed by atoms with E-state index in [0.29, 0.717) is 18.0 Å². The average Bonchev–Trinajstić information content (AvgIpc) is 3.24. The van der Waals surface area contributed by atoms with Crippen LogP contribution in [0.3, 0.4) is 0 Å². The van der Waals surface area contributed by atoms with Crippen LogP contribution in [0.15, 0.2) is 78.9 Å². The molecule has 0 spiro atoms. The van der Waals surface area contributed by atoms with Crippen LogP contribution >= 0.6 is 0 Å². The van der Waals surface area contributed by atoms with Gasteiger partial charge >= 0.3 is 0 Å². The van der Waals surface area contributed by atoms with Gasteiger partial charge in [0.25, 0.3) is 0 Å². The van der Waals surface area contributed by atoms with Gasteiger partial charge in [-0.05, 0) is 71.7 Å². The van der Waals surface area contributed by atoms with Crippen molar-refractivity contribution in [3.8, 4) is 11.8 Å². The fourth-order valence-corrected chi connectivity index (χ4v) is 3.93. The third-order valence-corrected chi connectivity index (χ3v) is 5.90. The molecule has 5 rings (SSSR count). The first-order valence-corrected chi connectivity index (χ1v) is 10.9. The Morgan fingerprint density at radius 3 is 2.55 bits per heavy atom. The minimum absolute atomic E-state index is 0.445. The largest absolute Gasteiger partial charge is 0.488 e. The predicted octanol–water partition coefficient (Wildman–Crippen LogP) is 6.98. The number of rotatable bonds is 5. The Labute approximate surface area is 192 Å². The second-order valence-corrected chi connectivity index (χ2v) is 8.22. The lowest BCUT2D eigenvalue weighted by Gasteiger charge is -2.10. The van der Waals surface area contributed by atoms with Gasteiger partial charge in [-0.3, -0.25) is 0 Å². The highest BCUT2D eigenvalue weighted by molar-refractivity contribution is 5.91. The summed E-state index contributed by atoms with van der Waals surface area (Å²) >= 11 is 0. The number of hydrogen-bond acceptors (Lipinski definition) is 3. The third-order valence-electron chi connectivity index (χ3n) is 5.90. The van der Waals surface area contributed by atoms with Crippen LogP contribution in [0.25, 0.3) is 33.5 Å². The summed E-state index contributed by atoms with van der Waals surface area (Å²) in [7, 11) is 0. The second-order valence-electron chi connectivity index (χ2n) is 8.22. The number of hydrogen-bond donors (Lipinski definition) is 1. The first-order valence-electron chi connectivity index (χ1n) is 10.9. The maximum absolute atomic E-state index is 9.86. The number of nitrogens with one attached hydrogen (secondary N) is 1. The standard InChI is InChI=1S/C29H23N3O/c1-19-13-26-27(14-20(19)2)32-29(31-26)25(17-30)16-24-9-5-6-10-28(24)33-18-21-11-12-22-7-3-4-8-23(22)15-21/h3-16H,18H2,1-2H3,(H,31,32)/b25-16-. The molecule has 5 aromatic rings. The molecule has 0 aliphatic rings. The topological polar surface area (TPSA) is 61.7 Å². The lowest BCUT2D eigenvalue weighted by molar-refractivity contribution is 0.306. The molecule has 1 heterocycles. The summed E-state index contributed by atoms with van der Waals surface area (Å²) < 4.78 is 6.16. The van der Waals surface area contributed by atoms with E-state index in [-0.39, 0.29) is 0 Å². The number of aromatic nitrogens is 2. The zero-order chi connectivity index (χ0) is 22.8. The monoisotopic (exact) mass is 429 g/mol. The van der Waals surface area contributed by atoms with E-state index in [1.807, 2.05) is 48.5 Å². The van der Waals surface area contributed by atoms with Crippen molar-refractivity contribution in [1.82, 2.24) is 9.97 Å². The molecule has 0 unspecified atom stereocenters. The van der Waals surface area contributed by atoms with Gasteiger partial charge in [0, 0.05) is 5.56 Å². The van der Waals surface area contributed by atoms with Crippen LogP contribution in [-0.4, -0.2) is 9.97 Å². The van der Waals surface area contributed by atoms with Gasteiger partial charge in [-0.1, -0.05) is 54.6 Å². The second kappa shape index (κ2) is 8.64. The number of allylic oxidation sites excluding steroid dienone is 1. The molecule has 1 N–H and O–H groups in total. The number of nitrogens with zero attached hydrogens (tertiary/aromatic N) is 2. The molecule has 160 valence electrons. The summed E-state index contributed by atoms with van der Waals surface area (Å²) in [5.74, 6) is 1.28. The molecule has 0 atom stereocenters. The van der Waals surface area contributed by atoms with Crippen molar-refractivity contribution < 1.29 is 4.74 Å². The fourth-order valence-electron chi connectivity index (χ4n) is 3.93. The van der Waals surface area contributed by atoms with Gasteiger partial charge in [-0.2, -0.15) is 5.26 Å². The SMILES string of the molecule is Cc1cc2nc(/C(C#N)=C\c3ccccc3OCc3ccc4ccccc4c3)[nH]c2cc1C. The van der Waals surface area contributed by atoms with E-state index in [2.05, 4.69) is 66.3 Å². The number of benzene rings is 4. The summed E-state index contributed by atoms with van der Waals surface area (Å²) in [6.45, 7) is 4.58. The lowest BCUT2D eigenvalue weighted by atomic mass is 10.1. The normalized spacial score (nSPS) is 11.6. The van der Waals surface area contributed by atoms with Crippen molar-refractivity contribution in [2.45, 2.75) is 20.5 Å². The van der Waals surface area contributed by atoms with E-state index in [1.54, 1.807) is 0 Å². The van der Waals surface area contributed by atoms with Gasteiger partial charge < -0.3 is 9.72 Å². The number of aromatic amines is 1. The van der Waals surface area contributed by atoms with Crippen molar-refractivity contribution >= 4 is 33.5 Å². The minimum Gasteiger partial charge on any atom is -0.488 e. The maximum atomic E-state index is 9.86. The smallest absolute Gasteiger partial charge is 0.149 e. The number of imidazole rings is 1. The van der Waals surface area contributed by atoms with Crippen LogP contribution < -0.4 is 4.74 Å². The number of aryl methyl sites for hydroxylation is 2. The first-order chi connectivity index (χ1) is 16.1.